The average Bonchev–Trinajstić information content (AvgIpc) is 2.38. The molecule has 0 saturated heterocycles. The van der Waals surface area contributed by atoms with Gasteiger partial charge >= 0.3 is 18.6 Å². The molecule has 1 aromatic carbocycles. The van der Waals surface area contributed by atoms with Crippen LogP contribution in [0.1, 0.15) is 24.2 Å². The first-order valence-corrected chi connectivity index (χ1v) is 6.08. The summed E-state index contributed by atoms with van der Waals surface area (Å²) in [6, 6.07) is 2.98. The van der Waals surface area contributed by atoms with E-state index in [0.717, 1.165) is 13.2 Å². The van der Waals surface area contributed by atoms with Crippen LogP contribution < -0.4 is 15.4 Å². The van der Waals surface area contributed by atoms with Gasteiger partial charge in [-0.05, 0) is 32.0 Å². The first kappa shape index (κ1) is 16.7. The molecule has 0 saturated carbocycles. The number of rotatable bonds is 5. The normalized spacial score (nSPS) is 10.4. The van der Waals surface area contributed by atoms with Crippen molar-refractivity contribution in [3.05, 3.63) is 23.8 Å². The summed E-state index contributed by atoms with van der Waals surface area (Å²) in [5, 5.41) is 4.91. The molecule has 0 aromatic heterocycles. The zero-order chi connectivity index (χ0) is 16.0. The van der Waals surface area contributed by atoms with E-state index < -0.39 is 18.6 Å². The van der Waals surface area contributed by atoms with E-state index in [1.807, 2.05) is 0 Å². The van der Waals surface area contributed by atoms with Crippen LogP contribution in [0.25, 0.3) is 0 Å². The van der Waals surface area contributed by atoms with Crippen molar-refractivity contribution in [1.29, 1.82) is 0 Å². The monoisotopic (exact) mass is 302 g/mol. The molecule has 2 N–H and O–H groups in total. The van der Waals surface area contributed by atoms with Gasteiger partial charge in [-0.2, -0.15) is 8.78 Å². The van der Waals surface area contributed by atoms with E-state index in [1.54, 1.807) is 13.8 Å². The fourth-order valence-electron chi connectivity index (χ4n) is 1.48. The van der Waals surface area contributed by atoms with Gasteiger partial charge in [0.2, 0.25) is 0 Å². The molecule has 0 aliphatic carbocycles. The van der Waals surface area contributed by atoms with Crippen molar-refractivity contribution in [2.24, 2.45) is 0 Å². The number of urea groups is 1. The summed E-state index contributed by atoms with van der Waals surface area (Å²) in [7, 11) is 1.16. The molecule has 0 atom stereocenters. The second kappa shape index (κ2) is 7.41. The zero-order valence-corrected chi connectivity index (χ0v) is 11.8. The van der Waals surface area contributed by atoms with E-state index in [1.165, 1.54) is 12.1 Å². The van der Waals surface area contributed by atoms with Gasteiger partial charge in [0.05, 0.1) is 18.4 Å². The van der Waals surface area contributed by atoms with Crippen molar-refractivity contribution in [2.45, 2.75) is 26.5 Å². The summed E-state index contributed by atoms with van der Waals surface area (Å²) >= 11 is 0. The van der Waals surface area contributed by atoms with Crippen molar-refractivity contribution in [3.8, 4) is 5.75 Å². The van der Waals surface area contributed by atoms with Gasteiger partial charge in [0.15, 0.2) is 5.75 Å². The van der Waals surface area contributed by atoms with E-state index in [2.05, 4.69) is 20.1 Å². The van der Waals surface area contributed by atoms with E-state index in [4.69, 9.17) is 0 Å². The number of hydrogen-bond donors (Lipinski definition) is 2. The number of methoxy groups -OCH3 is 1. The number of benzene rings is 1. The Morgan fingerprint density at radius 1 is 1.24 bits per heavy atom. The number of halogens is 2. The molecular formula is C13H16F2N2O4. The Hall–Kier alpha value is -2.38. The highest BCUT2D eigenvalue weighted by Gasteiger charge is 2.16. The van der Waals surface area contributed by atoms with Crippen LogP contribution in [0.5, 0.6) is 5.75 Å². The van der Waals surface area contributed by atoms with Crippen molar-refractivity contribution in [2.75, 3.05) is 12.4 Å². The Bertz CT molecular complexity index is 521. The van der Waals surface area contributed by atoms with Crippen LogP contribution in [-0.4, -0.2) is 31.8 Å². The summed E-state index contributed by atoms with van der Waals surface area (Å²) in [5.41, 5.74) is 0.0454. The van der Waals surface area contributed by atoms with Gasteiger partial charge in [-0.1, -0.05) is 0 Å². The predicted octanol–water partition coefficient (Wildman–Crippen LogP) is 2.60. The number of amides is 2. The molecule has 116 valence electrons. The van der Waals surface area contributed by atoms with E-state index in [0.29, 0.717) is 0 Å². The molecule has 0 heterocycles. The maximum absolute atomic E-state index is 12.4. The number of hydrogen-bond acceptors (Lipinski definition) is 4. The van der Waals surface area contributed by atoms with Crippen molar-refractivity contribution in [1.82, 2.24) is 5.32 Å². The first-order valence-electron chi connectivity index (χ1n) is 6.08. The third kappa shape index (κ3) is 5.25. The Balaban J connectivity index is 3.01. The van der Waals surface area contributed by atoms with Crippen LogP contribution in [0.3, 0.4) is 0 Å². The number of alkyl halides is 2. The highest BCUT2D eigenvalue weighted by Crippen LogP contribution is 2.27. The van der Waals surface area contributed by atoms with E-state index in [9.17, 15) is 18.4 Å². The van der Waals surface area contributed by atoms with Crippen molar-refractivity contribution < 1.29 is 27.8 Å². The molecule has 8 heteroatoms. The van der Waals surface area contributed by atoms with Gasteiger partial charge < -0.3 is 20.1 Å². The second-order valence-electron chi connectivity index (χ2n) is 4.33. The van der Waals surface area contributed by atoms with E-state index in [-0.39, 0.29) is 23.0 Å². The Morgan fingerprint density at radius 3 is 2.43 bits per heavy atom. The molecule has 6 nitrogen and oxygen atoms in total. The van der Waals surface area contributed by atoms with Gasteiger partial charge in [-0.3, -0.25) is 0 Å². The maximum atomic E-state index is 12.4. The van der Waals surface area contributed by atoms with Gasteiger partial charge in [0.25, 0.3) is 0 Å². The Morgan fingerprint density at radius 2 is 1.90 bits per heavy atom. The van der Waals surface area contributed by atoms with Crippen LogP contribution in [0, 0.1) is 0 Å². The molecule has 1 aromatic rings. The number of ether oxygens (including phenoxy) is 2. The minimum Gasteiger partial charge on any atom is -0.465 e. The topological polar surface area (TPSA) is 76.7 Å². The van der Waals surface area contributed by atoms with Gasteiger partial charge in [-0.15, -0.1) is 0 Å². The number of carbonyl (C=O) groups excluding carboxylic acids is 2. The number of anilines is 1. The van der Waals surface area contributed by atoms with Crippen molar-refractivity contribution in [3.63, 3.8) is 0 Å². The lowest BCUT2D eigenvalue weighted by Crippen LogP contribution is -2.34. The Labute approximate surface area is 120 Å². The molecule has 0 bridgehead atoms. The predicted molar refractivity (Wildman–Crippen MR) is 71.7 cm³/mol. The minimum atomic E-state index is -3.09. The lowest BCUT2D eigenvalue weighted by molar-refractivity contribution is -0.0494. The molecule has 0 spiro atoms. The molecule has 0 aliphatic heterocycles. The standard InChI is InChI=1S/C13H16F2N2O4/c1-7(2)16-13(19)17-9-5-4-8(11(18)20-3)6-10(9)21-12(14)15/h4-7,12H,1-3H3,(H2,16,17,19). The first-order chi connectivity index (χ1) is 9.83. The molecule has 21 heavy (non-hydrogen) atoms. The Kier molecular flexibility index (Phi) is 5.89. The number of nitrogens with one attached hydrogen (secondary N) is 2. The molecule has 0 aliphatic rings. The summed E-state index contributed by atoms with van der Waals surface area (Å²) in [5.74, 6) is -1.03. The summed E-state index contributed by atoms with van der Waals surface area (Å²) < 4.78 is 33.6. The third-order valence-electron chi connectivity index (χ3n) is 2.29. The van der Waals surface area contributed by atoms with Crippen molar-refractivity contribution >= 4 is 17.7 Å². The molecule has 0 radical (unpaired) electrons. The van der Waals surface area contributed by atoms with Crippen LogP contribution in [-0.2, 0) is 4.74 Å². The van der Waals surface area contributed by atoms with Gasteiger partial charge in [-0.25, -0.2) is 9.59 Å². The van der Waals surface area contributed by atoms with Crippen LogP contribution >= 0.6 is 0 Å². The molecule has 1 rings (SSSR count). The third-order valence-corrected chi connectivity index (χ3v) is 2.29. The molecule has 0 fully saturated rings. The maximum Gasteiger partial charge on any atom is 0.387 e. The van der Waals surface area contributed by atoms with E-state index >= 15 is 0 Å². The lowest BCUT2D eigenvalue weighted by Gasteiger charge is -2.14. The van der Waals surface area contributed by atoms with Crippen LogP contribution in [0.4, 0.5) is 19.3 Å². The average molecular weight is 302 g/mol. The highest BCUT2D eigenvalue weighted by atomic mass is 19.3. The quantitative estimate of drug-likeness (QED) is 0.820. The molecule has 0 unspecified atom stereocenters. The molecular weight excluding hydrogens is 286 g/mol. The smallest absolute Gasteiger partial charge is 0.387 e. The van der Waals surface area contributed by atoms with Crippen LogP contribution in [0.15, 0.2) is 18.2 Å². The lowest BCUT2D eigenvalue weighted by atomic mass is 10.2. The second-order valence-corrected chi connectivity index (χ2v) is 4.33. The SMILES string of the molecule is COC(=O)c1ccc(NC(=O)NC(C)C)c(OC(F)F)c1. The molecule has 2 amide bonds. The summed E-state index contributed by atoms with van der Waals surface area (Å²) in [6.45, 7) is 0.402. The summed E-state index contributed by atoms with van der Waals surface area (Å²) in [4.78, 5) is 22.9. The largest absolute Gasteiger partial charge is 0.465 e. The minimum absolute atomic E-state index is 0.0149. The highest BCUT2D eigenvalue weighted by molar-refractivity contribution is 5.94. The fourth-order valence-corrected chi connectivity index (χ4v) is 1.48. The zero-order valence-electron chi connectivity index (χ0n) is 11.8. The summed E-state index contributed by atoms with van der Waals surface area (Å²) in [6.07, 6.45) is 0. The van der Waals surface area contributed by atoms with Gasteiger partial charge in [0.1, 0.15) is 0 Å². The van der Waals surface area contributed by atoms with Crippen LogP contribution in [0.2, 0.25) is 0 Å². The van der Waals surface area contributed by atoms with Gasteiger partial charge in [0, 0.05) is 6.04 Å². The number of esters is 1. The fraction of sp³-hybridized carbons (Fsp3) is 0.385. The number of carbonyl (C=O) groups is 2.